The summed E-state index contributed by atoms with van der Waals surface area (Å²) in [5, 5.41) is 29.8. The third-order valence-electron chi connectivity index (χ3n) is 4.20. The van der Waals surface area contributed by atoms with Crippen molar-refractivity contribution >= 4 is 23.2 Å². The van der Waals surface area contributed by atoms with E-state index in [4.69, 9.17) is 24.9 Å². The number of aromatic nitrogens is 3. The molecule has 190 valence electrons. The van der Waals surface area contributed by atoms with Gasteiger partial charge in [0.05, 0.1) is 12.0 Å². The number of carbonyl (C=O) groups is 2. The van der Waals surface area contributed by atoms with Crippen molar-refractivity contribution in [1.29, 1.82) is 5.26 Å². The molecule has 34 heavy (non-hydrogen) atoms. The number of amides is 1. The zero-order valence-electron chi connectivity index (χ0n) is 20.8. The molecule has 0 fully saturated rings. The van der Waals surface area contributed by atoms with Crippen molar-refractivity contribution < 1.29 is 29.3 Å². The molecule has 2 rings (SSSR count). The van der Waals surface area contributed by atoms with Gasteiger partial charge in [0.2, 0.25) is 5.91 Å². The molecule has 0 spiro atoms. The fourth-order valence-corrected chi connectivity index (χ4v) is 2.61. The first-order chi connectivity index (χ1) is 16.0. The van der Waals surface area contributed by atoms with Gasteiger partial charge in [0.1, 0.15) is 18.5 Å². The molecule has 1 amide bonds. The molecule has 11 nitrogen and oxygen atoms in total. The second kappa shape index (κ2) is 15.7. The molecule has 0 radical (unpaired) electrons. The van der Waals surface area contributed by atoms with Crippen LogP contribution in [0.3, 0.4) is 0 Å². The van der Waals surface area contributed by atoms with Crippen molar-refractivity contribution in [2.24, 2.45) is 5.92 Å². The molecule has 0 aromatic carbocycles. The van der Waals surface area contributed by atoms with E-state index in [1.54, 1.807) is 25.5 Å². The summed E-state index contributed by atoms with van der Waals surface area (Å²) >= 11 is 0. The fraction of sp³-hybridized carbons (Fsp3) is 0.609. The van der Waals surface area contributed by atoms with Crippen LogP contribution >= 0.6 is 0 Å². The van der Waals surface area contributed by atoms with Gasteiger partial charge in [-0.05, 0) is 45.2 Å². The van der Waals surface area contributed by atoms with E-state index in [1.165, 1.54) is 20.2 Å². The van der Waals surface area contributed by atoms with E-state index >= 15 is 0 Å². The number of aryl methyl sites for hydroxylation is 1. The molecule has 0 aliphatic carbocycles. The number of nitriles is 1. The predicted molar refractivity (Wildman–Crippen MR) is 127 cm³/mol. The van der Waals surface area contributed by atoms with E-state index in [0.29, 0.717) is 25.1 Å². The van der Waals surface area contributed by atoms with Crippen LogP contribution in [0.15, 0.2) is 18.5 Å². The van der Waals surface area contributed by atoms with Crippen LogP contribution in [-0.2, 0) is 25.5 Å². The zero-order chi connectivity index (χ0) is 26.3. The lowest BCUT2D eigenvalue weighted by Gasteiger charge is -2.16. The first-order valence-corrected chi connectivity index (χ1v) is 11.0. The van der Waals surface area contributed by atoms with Crippen molar-refractivity contribution in [3.05, 3.63) is 24.2 Å². The molecule has 0 bridgehead atoms. The number of nitrogens with zero attached hydrogens (tertiary/aromatic N) is 4. The number of hydrogen-bond acceptors (Lipinski definition) is 9. The number of aliphatic hydroxyl groups is 2. The number of methoxy groups -OCH3 is 1. The predicted octanol–water partition coefficient (Wildman–Crippen LogP) is 2.46. The molecule has 11 heteroatoms. The highest BCUT2D eigenvalue weighted by atomic mass is 16.6. The van der Waals surface area contributed by atoms with Crippen LogP contribution in [0, 0.1) is 17.8 Å². The third-order valence-corrected chi connectivity index (χ3v) is 4.20. The average molecular weight is 480 g/mol. The summed E-state index contributed by atoms with van der Waals surface area (Å²) in [5.41, 5.74) is 1.72. The topological polar surface area (TPSA) is 159 Å². The number of carbonyl (C=O) groups excluding carboxylic acids is 2. The summed E-state index contributed by atoms with van der Waals surface area (Å²) in [5.74, 6) is -1.45. The van der Waals surface area contributed by atoms with Crippen LogP contribution in [0.1, 0.15) is 59.6 Å². The van der Waals surface area contributed by atoms with E-state index in [-0.39, 0.29) is 30.5 Å². The average Bonchev–Trinajstić information content (AvgIpc) is 3.18. The van der Waals surface area contributed by atoms with Crippen LogP contribution in [0.4, 0.5) is 5.82 Å². The summed E-state index contributed by atoms with van der Waals surface area (Å²) < 4.78 is 12.4. The largest absolute Gasteiger partial charge is 0.463 e. The number of esters is 1. The van der Waals surface area contributed by atoms with Crippen molar-refractivity contribution in [3.8, 4) is 6.57 Å². The highest BCUT2D eigenvalue weighted by Gasteiger charge is 2.16. The maximum Gasteiger partial charge on any atom is 0.308 e. The van der Waals surface area contributed by atoms with Crippen molar-refractivity contribution in [2.75, 3.05) is 19.0 Å². The smallest absolute Gasteiger partial charge is 0.308 e. The summed E-state index contributed by atoms with van der Waals surface area (Å²) in [6, 6.07) is 3.84. The fourth-order valence-electron chi connectivity index (χ4n) is 2.61. The number of anilines is 1. The number of hydrogen-bond donors (Lipinski definition) is 3. The van der Waals surface area contributed by atoms with Gasteiger partial charge in [-0.25, -0.2) is 14.8 Å². The molecular weight excluding hydrogens is 442 g/mol. The van der Waals surface area contributed by atoms with Gasteiger partial charge in [0.25, 0.3) is 0 Å². The Hall–Kier alpha value is -3.07. The van der Waals surface area contributed by atoms with E-state index in [2.05, 4.69) is 22.0 Å². The van der Waals surface area contributed by atoms with Gasteiger partial charge in [-0.3, -0.25) is 9.59 Å². The molecule has 2 heterocycles. The highest BCUT2D eigenvalue weighted by molar-refractivity contribution is 5.93. The van der Waals surface area contributed by atoms with Gasteiger partial charge in [0, 0.05) is 25.8 Å². The lowest BCUT2D eigenvalue weighted by Crippen LogP contribution is -2.23. The Bertz CT molecular complexity index is 898. The number of nitrogens with one attached hydrogen (secondary N) is 1. The molecule has 3 N–H and O–H groups in total. The number of fused-ring (bicyclic) bond motifs is 1. The number of ether oxygens (including phenoxy) is 2. The normalized spacial score (nSPS) is 11.6. The van der Waals surface area contributed by atoms with E-state index in [1.807, 2.05) is 19.1 Å². The lowest BCUT2D eigenvalue weighted by molar-refractivity contribution is -0.151. The minimum atomic E-state index is -1.50. The van der Waals surface area contributed by atoms with Crippen molar-refractivity contribution in [1.82, 2.24) is 14.6 Å². The van der Waals surface area contributed by atoms with Crippen molar-refractivity contribution in [3.63, 3.8) is 0 Å². The van der Waals surface area contributed by atoms with Crippen molar-refractivity contribution in [2.45, 2.75) is 72.2 Å². The van der Waals surface area contributed by atoms with Gasteiger partial charge in [-0.2, -0.15) is 5.10 Å². The van der Waals surface area contributed by atoms with E-state index < -0.39 is 5.79 Å². The SMILES string of the molecule is C#N.CC(C)(O)O.CCCC(=O)Nc1ncnn2c(CCC(COC(=O)C(C)C)OC)ccc12. The van der Waals surface area contributed by atoms with E-state index in [9.17, 15) is 9.59 Å². The van der Waals surface area contributed by atoms with E-state index in [0.717, 1.165) is 17.6 Å². The monoisotopic (exact) mass is 479 g/mol. The van der Waals surface area contributed by atoms with Crippen LogP contribution in [0.25, 0.3) is 5.52 Å². The maximum atomic E-state index is 11.9. The Kier molecular flexibility index (Phi) is 14.3. The molecule has 0 aliphatic heterocycles. The first kappa shape index (κ1) is 30.9. The minimum Gasteiger partial charge on any atom is -0.463 e. The Balaban J connectivity index is 0.00000138. The molecule has 1 atom stereocenters. The van der Waals surface area contributed by atoms with Gasteiger partial charge >= 0.3 is 5.97 Å². The van der Waals surface area contributed by atoms with Crippen LogP contribution in [-0.4, -0.2) is 62.3 Å². The van der Waals surface area contributed by atoms with Gasteiger partial charge in [-0.1, -0.05) is 20.8 Å². The molecule has 2 aromatic rings. The second-order valence-electron chi connectivity index (χ2n) is 8.20. The quantitative estimate of drug-likeness (QED) is 0.343. The maximum absolute atomic E-state index is 11.9. The molecule has 1 unspecified atom stereocenters. The highest BCUT2D eigenvalue weighted by Crippen LogP contribution is 2.18. The van der Waals surface area contributed by atoms with Gasteiger partial charge in [-0.15, -0.1) is 0 Å². The Morgan fingerprint density at radius 3 is 2.41 bits per heavy atom. The summed E-state index contributed by atoms with van der Waals surface area (Å²) in [6.07, 6.45) is 3.83. The Labute approximate surface area is 200 Å². The minimum absolute atomic E-state index is 0.0627. The zero-order valence-corrected chi connectivity index (χ0v) is 20.8. The summed E-state index contributed by atoms with van der Waals surface area (Å²) in [7, 11) is 1.60. The Morgan fingerprint density at radius 2 is 1.88 bits per heavy atom. The van der Waals surface area contributed by atoms with Crippen LogP contribution < -0.4 is 5.32 Å². The number of rotatable bonds is 10. The first-order valence-electron chi connectivity index (χ1n) is 11.0. The van der Waals surface area contributed by atoms with Crippen LogP contribution in [0.2, 0.25) is 0 Å². The van der Waals surface area contributed by atoms with Gasteiger partial charge < -0.3 is 25.0 Å². The summed E-state index contributed by atoms with van der Waals surface area (Å²) in [4.78, 5) is 27.6. The molecule has 0 saturated carbocycles. The van der Waals surface area contributed by atoms with Crippen LogP contribution in [0.5, 0.6) is 0 Å². The van der Waals surface area contributed by atoms with Gasteiger partial charge in [0.15, 0.2) is 11.6 Å². The second-order valence-corrected chi connectivity index (χ2v) is 8.20. The molecule has 2 aromatic heterocycles. The lowest BCUT2D eigenvalue weighted by atomic mass is 10.1. The summed E-state index contributed by atoms with van der Waals surface area (Å²) in [6.45, 7) is 11.9. The molecule has 0 aliphatic rings. The molecular formula is C23H37N5O6. The Morgan fingerprint density at radius 1 is 1.26 bits per heavy atom. The molecule has 0 saturated heterocycles. The standard InChI is InChI=1S/C19H28N4O4.C3H8O2.CHN/c1-5-6-17(24)22-18-16-10-8-14(23(16)21-12-20-18)7-9-15(26-4)11-27-19(25)13(2)3;1-3(2,4)5;1-2/h8,10,12-13,15H,5-7,9,11H2,1-4H3,(H,20,21,22,24);4-5H,1-2H3;1H. The third kappa shape index (κ3) is 12.2.